The zero-order chi connectivity index (χ0) is 23.9. The fraction of sp³-hybridized carbons (Fsp3) is 0. The molecule has 0 bridgehead atoms. The lowest BCUT2D eigenvalue weighted by Gasteiger charge is -2.19. The maximum atomic E-state index is 13.3. The maximum absolute atomic E-state index is 13.3. The number of carbonyl (C=O) groups is 4. The molecule has 0 aliphatic carbocycles. The van der Waals surface area contributed by atoms with Crippen molar-refractivity contribution in [1.29, 1.82) is 0 Å². The summed E-state index contributed by atoms with van der Waals surface area (Å²) in [6, 6.07) is 0. The first-order chi connectivity index (χ1) is 14.2. The number of nitrogens with one attached hydrogen (secondary N) is 1. The standard InChI is InChI=1S/C16H3Cl3I6N2O4/c17-13(28)1-6(21)4(8(23)11(26)7(1)22)16(31)27-12-9(24)2(14(18)29)5(20)3(10(12)25)15(19)30/h26H2,(H,27,31). The van der Waals surface area contributed by atoms with E-state index in [-0.39, 0.29) is 37.2 Å². The first-order valence-corrected chi connectivity index (χ1v) is 14.9. The Kier molecular flexibility index (Phi) is 11.1. The van der Waals surface area contributed by atoms with E-state index in [1.54, 1.807) is 0 Å². The molecule has 6 nitrogen and oxygen atoms in total. The molecule has 0 aliphatic rings. The molecule has 0 saturated carbocycles. The van der Waals surface area contributed by atoms with Crippen LogP contribution in [0.1, 0.15) is 41.4 Å². The van der Waals surface area contributed by atoms with Crippen molar-refractivity contribution in [1.82, 2.24) is 0 Å². The summed E-state index contributed by atoms with van der Waals surface area (Å²) in [5.74, 6) is -0.617. The van der Waals surface area contributed by atoms with Crippen molar-refractivity contribution in [2.45, 2.75) is 0 Å². The Balaban J connectivity index is 2.80. The van der Waals surface area contributed by atoms with Crippen LogP contribution >= 0.6 is 170 Å². The molecule has 0 radical (unpaired) electrons. The van der Waals surface area contributed by atoms with Gasteiger partial charge in [-0.05, 0) is 170 Å². The highest BCUT2D eigenvalue weighted by molar-refractivity contribution is 14.1. The summed E-state index contributed by atoms with van der Waals surface area (Å²) in [5, 5.41) is 0.335. The summed E-state index contributed by atoms with van der Waals surface area (Å²) in [7, 11) is 0. The van der Waals surface area contributed by atoms with E-state index in [1.165, 1.54) is 0 Å². The minimum atomic E-state index is -0.808. The third kappa shape index (κ3) is 5.87. The number of hydrogen-bond acceptors (Lipinski definition) is 5. The van der Waals surface area contributed by atoms with Crippen LogP contribution in [0, 0.1) is 21.4 Å². The van der Waals surface area contributed by atoms with Crippen LogP contribution in [-0.4, -0.2) is 21.6 Å². The minimum absolute atomic E-state index is 0.0470. The Hall–Kier alpha value is 1.97. The summed E-state index contributed by atoms with van der Waals surface area (Å²) in [6.07, 6.45) is 0. The Morgan fingerprint density at radius 2 is 0.903 bits per heavy atom. The number of nitrogen functional groups attached to an aromatic ring is 1. The van der Waals surface area contributed by atoms with E-state index in [2.05, 4.69) is 5.32 Å². The lowest BCUT2D eigenvalue weighted by molar-refractivity contribution is 0.102. The summed E-state index contributed by atoms with van der Waals surface area (Å²) in [5.41, 5.74) is 6.85. The molecule has 0 fully saturated rings. The van der Waals surface area contributed by atoms with Crippen molar-refractivity contribution < 1.29 is 19.2 Å². The number of nitrogens with two attached hydrogens (primary N) is 1. The van der Waals surface area contributed by atoms with Gasteiger partial charge in [0.1, 0.15) is 0 Å². The molecule has 3 N–H and O–H groups in total. The van der Waals surface area contributed by atoms with Crippen molar-refractivity contribution >= 4 is 203 Å². The van der Waals surface area contributed by atoms with Crippen LogP contribution in [0.5, 0.6) is 0 Å². The largest absolute Gasteiger partial charge is 0.397 e. The average molecular weight is 1150 g/mol. The van der Waals surface area contributed by atoms with Crippen LogP contribution in [-0.2, 0) is 0 Å². The van der Waals surface area contributed by atoms with E-state index in [9.17, 15) is 19.2 Å². The van der Waals surface area contributed by atoms with Crippen LogP contribution < -0.4 is 11.1 Å². The van der Waals surface area contributed by atoms with Gasteiger partial charge in [0.05, 0.1) is 47.9 Å². The van der Waals surface area contributed by atoms with Crippen molar-refractivity contribution in [3.8, 4) is 0 Å². The van der Waals surface area contributed by atoms with Gasteiger partial charge in [-0.2, -0.15) is 0 Å². The van der Waals surface area contributed by atoms with Crippen LogP contribution in [0.15, 0.2) is 0 Å². The predicted octanol–water partition coefficient (Wildman–Crippen LogP) is 7.29. The number of benzene rings is 2. The lowest BCUT2D eigenvalue weighted by atomic mass is 10.1. The number of carbonyl (C=O) groups excluding carboxylic acids is 4. The average Bonchev–Trinajstić information content (AvgIpc) is 2.62. The number of hydrogen-bond donors (Lipinski definition) is 2. The highest BCUT2D eigenvalue weighted by Crippen LogP contribution is 2.39. The lowest BCUT2D eigenvalue weighted by Crippen LogP contribution is -2.22. The first kappa shape index (κ1) is 29.2. The molecule has 0 atom stereocenters. The van der Waals surface area contributed by atoms with Crippen LogP contribution in [0.4, 0.5) is 11.4 Å². The van der Waals surface area contributed by atoms with Crippen molar-refractivity contribution in [2.24, 2.45) is 0 Å². The van der Waals surface area contributed by atoms with E-state index in [0.29, 0.717) is 17.9 Å². The Labute approximate surface area is 272 Å². The summed E-state index contributed by atoms with van der Waals surface area (Å²) in [6.45, 7) is 0. The quantitative estimate of drug-likeness (QED) is 0.186. The SMILES string of the molecule is Nc1c(I)c(C(=O)Cl)c(I)c(C(=O)Nc2c(I)c(C(=O)Cl)c(I)c(C(=O)Cl)c2I)c1I. The molecule has 15 heteroatoms. The van der Waals surface area contributed by atoms with Gasteiger partial charge in [-0.15, -0.1) is 0 Å². The minimum Gasteiger partial charge on any atom is -0.397 e. The van der Waals surface area contributed by atoms with Gasteiger partial charge >= 0.3 is 0 Å². The molecule has 1 amide bonds. The molecule has 0 aliphatic heterocycles. The van der Waals surface area contributed by atoms with E-state index >= 15 is 0 Å². The molecule has 31 heavy (non-hydrogen) atoms. The second-order valence-corrected chi connectivity index (χ2v) is 13.0. The topological polar surface area (TPSA) is 106 Å². The Bertz CT molecular complexity index is 1160. The highest BCUT2D eigenvalue weighted by Gasteiger charge is 2.30. The first-order valence-electron chi connectivity index (χ1n) is 7.31. The molecule has 0 heterocycles. The predicted molar refractivity (Wildman–Crippen MR) is 172 cm³/mol. The van der Waals surface area contributed by atoms with Crippen molar-refractivity contribution in [2.75, 3.05) is 11.1 Å². The number of halogens is 9. The second-order valence-electron chi connectivity index (χ2n) is 5.45. The highest BCUT2D eigenvalue weighted by atomic mass is 127. The summed E-state index contributed by atoms with van der Waals surface area (Å²) in [4.78, 5) is 49.2. The zero-order valence-electron chi connectivity index (χ0n) is 14.1. The van der Waals surface area contributed by atoms with Gasteiger partial charge in [-0.3, -0.25) is 19.2 Å². The summed E-state index contributed by atoms with van der Waals surface area (Å²) >= 11 is 28.3. The van der Waals surface area contributed by atoms with Crippen LogP contribution in [0.3, 0.4) is 0 Å². The van der Waals surface area contributed by atoms with E-state index < -0.39 is 21.6 Å². The van der Waals surface area contributed by atoms with Crippen LogP contribution in [0.2, 0.25) is 0 Å². The molecule has 2 aromatic rings. The van der Waals surface area contributed by atoms with Crippen molar-refractivity contribution in [3.05, 3.63) is 43.7 Å². The normalized spacial score (nSPS) is 10.7. The third-order valence-corrected chi connectivity index (χ3v) is 10.8. The maximum Gasteiger partial charge on any atom is 0.257 e. The van der Waals surface area contributed by atoms with Gasteiger partial charge in [-0.1, -0.05) is 0 Å². The molecule has 0 spiro atoms. The van der Waals surface area contributed by atoms with E-state index in [0.717, 1.165) is 0 Å². The fourth-order valence-corrected chi connectivity index (χ4v) is 12.4. The van der Waals surface area contributed by atoms with E-state index in [4.69, 9.17) is 40.5 Å². The van der Waals surface area contributed by atoms with E-state index in [1.807, 2.05) is 136 Å². The molecular weight excluding hydrogens is 1150 g/mol. The second kappa shape index (κ2) is 11.8. The monoisotopic (exact) mass is 1150 g/mol. The molecule has 0 unspecified atom stereocenters. The third-order valence-electron chi connectivity index (χ3n) is 3.72. The molecule has 0 aromatic heterocycles. The van der Waals surface area contributed by atoms with Gasteiger partial charge in [-0.25, -0.2) is 0 Å². The smallest absolute Gasteiger partial charge is 0.257 e. The van der Waals surface area contributed by atoms with Gasteiger partial charge in [0.25, 0.3) is 21.6 Å². The molecule has 2 aromatic carbocycles. The fourth-order valence-electron chi connectivity index (χ4n) is 2.35. The van der Waals surface area contributed by atoms with Crippen molar-refractivity contribution in [3.63, 3.8) is 0 Å². The van der Waals surface area contributed by atoms with Gasteiger partial charge in [0.2, 0.25) is 0 Å². The molecule has 2 rings (SSSR count). The molecular formula is C16H3Cl3I6N2O4. The van der Waals surface area contributed by atoms with Crippen LogP contribution in [0.25, 0.3) is 0 Å². The number of amides is 1. The Morgan fingerprint density at radius 1 is 0.581 bits per heavy atom. The van der Waals surface area contributed by atoms with Gasteiger partial charge < -0.3 is 11.1 Å². The zero-order valence-corrected chi connectivity index (χ0v) is 29.3. The van der Waals surface area contributed by atoms with Gasteiger partial charge in [0, 0.05) is 7.14 Å². The van der Waals surface area contributed by atoms with Gasteiger partial charge in [0.15, 0.2) is 0 Å². The number of anilines is 2. The molecule has 164 valence electrons. The Morgan fingerprint density at radius 3 is 1.29 bits per heavy atom. The molecule has 0 saturated heterocycles. The number of rotatable bonds is 5. The summed E-state index contributed by atoms with van der Waals surface area (Å²) < 4.78 is 2.12.